The van der Waals surface area contributed by atoms with Gasteiger partial charge in [-0.25, -0.2) is 0 Å². The normalized spacial score (nSPS) is 21.7. The molecule has 3 N–H and O–H groups in total. The number of thioether (sulfide) groups is 1. The molecule has 1 amide bonds. The minimum absolute atomic E-state index is 0. The number of amides is 1. The third-order valence-corrected chi connectivity index (χ3v) is 5.63. The molecule has 0 bridgehead atoms. The third-order valence-electron chi connectivity index (χ3n) is 4.33. The van der Waals surface area contributed by atoms with Crippen molar-refractivity contribution < 1.29 is 9.53 Å². The quantitative estimate of drug-likeness (QED) is 0.786. The van der Waals surface area contributed by atoms with E-state index in [1.54, 1.807) is 11.8 Å². The van der Waals surface area contributed by atoms with Crippen LogP contribution < -0.4 is 11.1 Å². The highest BCUT2D eigenvalue weighted by Crippen LogP contribution is 2.27. The molecule has 1 aliphatic rings. The van der Waals surface area contributed by atoms with Crippen LogP contribution in [0.2, 0.25) is 0 Å². The van der Waals surface area contributed by atoms with Crippen molar-refractivity contribution in [3.05, 3.63) is 35.9 Å². The molecule has 1 saturated carbocycles. The van der Waals surface area contributed by atoms with Crippen molar-refractivity contribution >= 4 is 30.1 Å². The van der Waals surface area contributed by atoms with Crippen molar-refractivity contribution in [2.45, 2.75) is 56.2 Å². The van der Waals surface area contributed by atoms with E-state index in [9.17, 15) is 4.79 Å². The maximum Gasteiger partial charge on any atom is 0.238 e. The van der Waals surface area contributed by atoms with Gasteiger partial charge in [-0.15, -0.1) is 12.4 Å². The Morgan fingerprint density at radius 1 is 1.39 bits per heavy atom. The highest BCUT2D eigenvalue weighted by atomic mass is 35.5. The zero-order valence-electron chi connectivity index (χ0n) is 14.0. The molecule has 0 unspecified atom stereocenters. The standard InChI is InChI=1S/C17H26N2O2S.ClH/c1-17(2,22-3)15(18)16(20)19-13-9-14(10-13)21-11-12-7-5-4-6-8-12;/h4-8,13-15H,9-11,18H2,1-3H3,(H,19,20);1H/t13?,14?,15-;/m1./s1. The predicted octanol–water partition coefficient (Wildman–Crippen LogP) is 2.74. The summed E-state index contributed by atoms with van der Waals surface area (Å²) in [6.07, 6.45) is 3.94. The molecule has 1 aliphatic carbocycles. The molecular formula is C17H27ClN2O2S. The van der Waals surface area contributed by atoms with Crippen LogP contribution in [-0.4, -0.2) is 35.1 Å². The first-order valence-electron chi connectivity index (χ1n) is 7.69. The van der Waals surface area contributed by atoms with Gasteiger partial charge in [-0.3, -0.25) is 4.79 Å². The average Bonchev–Trinajstić information content (AvgIpc) is 2.49. The Bertz CT molecular complexity index is 493. The minimum Gasteiger partial charge on any atom is -0.373 e. The van der Waals surface area contributed by atoms with Gasteiger partial charge in [0.05, 0.1) is 18.8 Å². The van der Waals surface area contributed by atoms with Crippen LogP contribution in [0.4, 0.5) is 0 Å². The molecule has 1 aromatic rings. The molecule has 0 radical (unpaired) electrons. The second-order valence-corrected chi connectivity index (χ2v) is 7.84. The van der Waals surface area contributed by atoms with Gasteiger partial charge in [0.25, 0.3) is 0 Å². The highest BCUT2D eigenvalue weighted by Gasteiger charge is 2.36. The fourth-order valence-corrected chi connectivity index (χ4v) is 2.70. The van der Waals surface area contributed by atoms with E-state index in [1.165, 1.54) is 5.56 Å². The molecule has 0 saturated heterocycles. The van der Waals surface area contributed by atoms with E-state index >= 15 is 0 Å². The van der Waals surface area contributed by atoms with Gasteiger partial charge in [-0.1, -0.05) is 30.3 Å². The van der Waals surface area contributed by atoms with E-state index in [1.807, 2.05) is 38.3 Å². The summed E-state index contributed by atoms with van der Waals surface area (Å²) in [5.74, 6) is -0.0640. The number of hydrogen-bond acceptors (Lipinski definition) is 4. The molecule has 0 aromatic heterocycles. The maximum atomic E-state index is 12.1. The van der Waals surface area contributed by atoms with Crippen molar-refractivity contribution in [3.63, 3.8) is 0 Å². The van der Waals surface area contributed by atoms with Crippen LogP contribution in [0, 0.1) is 0 Å². The van der Waals surface area contributed by atoms with Gasteiger partial charge < -0.3 is 15.8 Å². The van der Waals surface area contributed by atoms with Gasteiger partial charge in [-0.2, -0.15) is 11.8 Å². The SMILES string of the molecule is CSC(C)(C)[C@H](N)C(=O)NC1CC(OCc2ccccc2)C1.Cl. The van der Waals surface area contributed by atoms with Gasteiger partial charge in [-0.05, 0) is 38.5 Å². The van der Waals surface area contributed by atoms with E-state index in [0.717, 1.165) is 12.8 Å². The Hall–Kier alpha value is -0.750. The van der Waals surface area contributed by atoms with Crippen LogP contribution in [0.3, 0.4) is 0 Å². The molecular weight excluding hydrogens is 332 g/mol. The number of nitrogens with two attached hydrogens (primary N) is 1. The lowest BCUT2D eigenvalue weighted by molar-refractivity contribution is -0.125. The Labute approximate surface area is 149 Å². The van der Waals surface area contributed by atoms with E-state index in [-0.39, 0.29) is 35.2 Å². The molecule has 1 fully saturated rings. The number of benzene rings is 1. The van der Waals surface area contributed by atoms with Crippen molar-refractivity contribution in [2.75, 3.05) is 6.26 Å². The summed E-state index contributed by atoms with van der Waals surface area (Å²) in [6.45, 7) is 4.62. The van der Waals surface area contributed by atoms with Crippen LogP contribution in [0.25, 0.3) is 0 Å². The number of hydrogen-bond donors (Lipinski definition) is 2. The molecule has 130 valence electrons. The topological polar surface area (TPSA) is 64.4 Å². The first-order valence-corrected chi connectivity index (χ1v) is 8.91. The summed E-state index contributed by atoms with van der Waals surface area (Å²) in [5.41, 5.74) is 7.22. The van der Waals surface area contributed by atoms with E-state index < -0.39 is 6.04 Å². The lowest BCUT2D eigenvalue weighted by Gasteiger charge is -2.37. The Morgan fingerprint density at radius 2 is 2.00 bits per heavy atom. The predicted molar refractivity (Wildman–Crippen MR) is 99.0 cm³/mol. The fraction of sp³-hybridized carbons (Fsp3) is 0.588. The van der Waals surface area contributed by atoms with Gasteiger partial charge in [0, 0.05) is 10.8 Å². The number of carbonyl (C=O) groups excluding carboxylic acids is 1. The summed E-state index contributed by atoms with van der Waals surface area (Å²) in [4.78, 5) is 12.1. The van der Waals surface area contributed by atoms with E-state index in [4.69, 9.17) is 10.5 Å². The van der Waals surface area contributed by atoms with Crippen LogP contribution in [0.15, 0.2) is 30.3 Å². The Morgan fingerprint density at radius 3 is 2.57 bits per heavy atom. The van der Waals surface area contributed by atoms with Crippen LogP contribution in [0.1, 0.15) is 32.3 Å². The van der Waals surface area contributed by atoms with Gasteiger partial charge in [0.1, 0.15) is 0 Å². The van der Waals surface area contributed by atoms with E-state index in [2.05, 4.69) is 17.4 Å². The van der Waals surface area contributed by atoms with Crippen molar-refractivity contribution in [3.8, 4) is 0 Å². The fourth-order valence-electron chi connectivity index (χ4n) is 2.34. The number of carbonyl (C=O) groups is 1. The summed E-state index contributed by atoms with van der Waals surface area (Å²) in [7, 11) is 0. The van der Waals surface area contributed by atoms with Crippen molar-refractivity contribution in [1.82, 2.24) is 5.32 Å². The third kappa shape index (κ3) is 5.68. The Balaban J connectivity index is 0.00000264. The molecule has 4 nitrogen and oxygen atoms in total. The molecule has 0 spiro atoms. The Kier molecular flexibility index (Phi) is 7.87. The molecule has 23 heavy (non-hydrogen) atoms. The smallest absolute Gasteiger partial charge is 0.238 e. The second kappa shape index (κ2) is 8.92. The monoisotopic (exact) mass is 358 g/mol. The number of rotatable bonds is 7. The molecule has 0 aliphatic heterocycles. The molecule has 2 rings (SSSR count). The van der Waals surface area contributed by atoms with Crippen molar-refractivity contribution in [1.29, 1.82) is 0 Å². The molecule has 1 atom stereocenters. The van der Waals surface area contributed by atoms with Gasteiger partial charge >= 0.3 is 0 Å². The first-order chi connectivity index (χ1) is 10.4. The lowest BCUT2D eigenvalue weighted by atomic mass is 9.88. The summed E-state index contributed by atoms with van der Waals surface area (Å²) >= 11 is 1.61. The number of halogens is 1. The zero-order valence-corrected chi connectivity index (χ0v) is 15.6. The van der Waals surface area contributed by atoms with E-state index in [0.29, 0.717) is 6.61 Å². The van der Waals surface area contributed by atoms with Crippen molar-refractivity contribution in [2.24, 2.45) is 5.73 Å². The second-order valence-electron chi connectivity index (χ2n) is 6.38. The zero-order chi connectivity index (χ0) is 16.2. The lowest BCUT2D eigenvalue weighted by Crippen LogP contribution is -2.57. The maximum absolute atomic E-state index is 12.1. The molecule has 6 heteroatoms. The number of ether oxygens (including phenoxy) is 1. The largest absolute Gasteiger partial charge is 0.373 e. The van der Waals surface area contributed by atoms with Gasteiger partial charge in [0.2, 0.25) is 5.91 Å². The highest BCUT2D eigenvalue weighted by molar-refractivity contribution is 8.00. The van der Waals surface area contributed by atoms with Crippen LogP contribution in [0.5, 0.6) is 0 Å². The van der Waals surface area contributed by atoms with Crippen LogP contribution >= 0.6 is 24.2 Å². The number of nitrogens with one attached hydrogen (secondary N) is 1. The first kappa shape index (κ1) is 20.3. The molecule has 0 heterocycles. The average molecular weight is 359 g/mol. The summed E-state index contributed by atoms with van der Waals surface area (Å²) in [6, 6.07) is 9.83. The summed E-state index contributed by atoms with van der Waals surface area (Å²) in [5, 5.41) is 3.03. The van der Waals surface area contributed by atoms with Gasteiger partial charge in [0.15, 0.2) is 0 Å². The summed E-state index contributed by atoms with van der Waals surface area (Å²) < 4.78 is 5.59. The minimum atomic E-state index is -0.494. The van der Waals surface area contributed by atoms with Crippen LogP contribution in [-0.2, 0) is 16.1 Å². The molecule has 1 aromatic carbocycles.